The van der Waals surface area contributed by atoms with E-state index in [9.17, 15) is 14.0 Å². The molecule has 0 saturated carbocycles. The summed E-state index contributed by atoms with van der Waals surface area (Å²) in [5, 5.41) is 16.7. The van der Waals surface area contributed by atoms with E-state index in [0.717, 1.165) is 5.82 Å². The third-order valence-corrected chi connectivity index (χ3v) is 6.85. The van der Waals surface area contributed by atoms with E-state index in [1.165, 1.54) is 25.4 Å². The lowest BCUT2D eigenvalue weighted by molar-refractivity contribution is 0.0741. The number of carbonyl (C=O) groups excluding carboxylic acids is 1. The zero-order chi connectivity index (χ0) is 28.2. The Morgan fingerprint density at radius 2 is 1.95 bits per heavy atom. The topological polar surface area (TPSA) is 115 Å². The molecule has 10 heteroatoms. The van der Waals surface area contributed by atoms with E-state index in [1.807, 2.05) is 11.0 Å². The Morgan fingerprint density at radius 3 is 2.62 bits per heavy atom. The van der Waals surface area contributed by atoms with Gasteiger partial charge in [0.25, 0.3) is 11.5 Å². The number of nitriles is 1. The molecule has 1 N–H and O–H groups in total. The number of hydrogen-bond acceptors (Lipinski definition) is 7. The van der Waals surface area contributed by atoms with Crippen LogP contribution < -0.4 is 15.2 Å². The van der Waals surface area contributed by atoms with Gasteiger partial charge in [-0.3, -0.25) is 9.59 Å². The molecule has 0 atom stereocenters. The number of aromatic nitrogens is 3. The Bertz CT molecular complexity index is 1760. The maximum Gasteiger partial charge on any atom is 0.272 e. The summed E-state index contributed by atoms with van der Waals surface area (Å²) in [6.45, 7) is 3.56. The zero-order valence-corrected chi connectivity index (χ0v) is 22.0. The molecular weight excluding hydrogens is 511 g/mol. The number of rotatable bonds is 5. The normalized spacial score (nSPS) is 12.9. The number of pyridine rings is 1. The van der Waals surface area contributed by atoms with Gasteiger partial charge in [0.05, 0.1) is 40.3 Å². The zero-order valence-electron chi connectivity index (χ0n) is 22.0. The van der Waals surface area contributed by atoms with Crippen molar-refractivity contribution in [2.24, 2.45) is 0 Å². The van der Waals surface area contributed by atoms with E-state index >= 15 is 0 Å². The first kappa shape index (κ1) is 26.4. The summed E-state index contributed by atoms with van der Waals surface area (Å²) < 4.78 is 20.5. The van der Waals surface area contributed by atoms with Crippen molar-refractivity contribution in [3.05, 3.63) is 92.8 Å². The number of nitrogens with one attached hydrogen (secondary N) is 1. The van der Waals surface area contributed by atoms with Gasteiger partial charge in [-0.15, -0.1) is 5.92 Å². The van der Waals surface area contributed by atoms with Crippen molar-refractivity contribution in [2.45, 2.75) is 13.3 Å². The minimum absolute atomic E-state index is 0.0271. The Morgan fingerprint density at radius 1 is 1.15 bits per heavy atom. The molecule has 0 unspecified atom stereocenters. The van der Waals surface area contributed by atoms with Crippen molar-refractivity contribution >= 4 is 22.5 Å². The van der Waals surface area contributed by atoms with Gasteiger partial charge in [0, 0.05) is 38.8 Å². The van der Waals surface area contributed by atoms with Crippen molar-refractivity contribution in [1.82, 2.24) is 20.1 Å². The highest BCUT2D eigenvalue weighted by atomic mass is 19.1. The fourth-order valence-corrected chi connectivity index (χ4v) is 4.85. The van der Waals surface area contributed by atoms with E-state index < -0.39 is 11.7 Å². The van der Waals surface area contributed by atoms with Crippen molar-refractivity contribution in [1.29, 1.82) is 5.26 Å². The van der Waals surface area contributed by atoms with Gasteiger partial charge >= 0.3 is 0 Å². The average Bonchev–Trinajstić information content (AvgIpc) is 2.99. The van der Waals surface area contributed by atoms with Crippen molar-refractivity contribution < 1.29 is 13.9 Å². The molecule has 5 rings (SSSR count). The number of hydrogen-bond donors (Lipinski definition) is 1. The standard InChI is InChI=1S/C30H25FN6O3/c1-3-4-21-7-8-22-27(28(21)40-2)25(34-35-29(22)38)16-19-5-9-24(31)23(15-19)30(39)37-13-11-36(12-14-37)26-10-6-20(17-32)18-33-26/h5-10,15,18H,11-14,16H2,1-2H3,(H,35,38). The molecule has 0 bridgehead atoms. The molecule has 1 amide bonds. The number of aromatic amines is 1. The number of halogens is 1. The second-order valence-electron chi connectivity index (χ2n) is 9.23. The second-order valence-corrected chi connectivity index (χ2v) is 9.23. The van der Waals surface area contributed by atoms with Crippen molar-refractivity contribution in [2.75, 3.05) is 38.2 Å². The SMILES string of the molecule is CC#Cc1ccc2c(=O)[nH]nc(Cc3ccc(F)c(C(=O)N4CCN(c5ccc(C#N)cn5)CC4)c3)c2c1OC. The van der Waals surface area contributed by atoms with Crippen molar-refractivity contribution in [3.63, 3.8) is 0 Å². The summed E-state index contributed by atoms with van der Waals surface area (Å²) in [6.07, 6.45) is 1.74. The minimum Gasteiger partial charge on any atom is -0.495 e. The van der Waals surface area contributed by atoms with Crippen LogP contribution in [-0.2, 0) is 6.42 Å². The highest BCUT2D eigenvalue weighted by Crippen LogP contribution is 2.31. The van der Waals surface area contributed by atoms with Crippen LogP contribution in [0.3, 0.4) is 0 Å². The summed E-state index contributed by atoms with van der Waals surface area (Å²) >= 11 is 0. The monoisotopic (exact) mass is 536 g/mol. The van der Waals surface area contributed by atoms with E-state index in [2.05, 4.69) is 27.0 Å². The van der Waals surface area contributed by atoms with Gasteiger partial charge in [-0.2, -0.15) is 10.4 Å². The third-order valence-electron chi connectivity index (χ3n) is 6.85. The first-order valence-corrected chi connectivity index (χ1v) is 12.6. The molecule has 1 fully saturated rings. The summed E-state index contributed by atoms with van der Waals surface area (Å²) in [5.74, 6) is 5.98. The van der Waals surface area contributed by atoms with Crippen LogP contribution in [0.1, 0.15) is 39.7 Å². The molecule has 2 aromatic carbocycles. The molecule has 3 heterocycles. The van der Waals surface area contributed by atoms with Gasteiger partial charge in [-0.1, -0.05) is 12.0 Å². The number of carbonyl (C=O) groups is 1. The van der Waals surface area contributed by atoms with E-state index in [1.54, 1.807) is 42.2 Å². The maximum absolute atomic E-state index is 14.9. The number of methoxy groups -OCH3 is 1. The predicted molar refractivity (Wildman–Crippen MR) is 148 cm³/mol. The minimum atomic E-state index is -0.609. The molecule has 1 saturated heterocycles. The second kappa shape index (κ2) is 11.3. The number of amides is 1. The van der Waals surface area contributed by atoms with Crippen LogP contribution in [-0.4, -0.2) is 59.3 Å². The Kier molecular flexibility index (Phi) is 7.43. The summed E-state index contributed by atoms with van der Waals surface area (Å²) in [7, 11) is 1.51. The highest BCUT2D eigenvalue weighted by molar-refractivity contribution is 5.95. The van der Waals surface area contributed by atoms with Crippen LogP contribution in [0.25, 0.3) is 10.8 Å². The van der Waals surface area contributed by atoms with E-state index in [0.29, 0.717) is 65.1 Å². The van der Waals surface area contributed by atoms with Gasteiger partial charge in [0.15, 0.2) is 0 Å². The Labute approximate surface area is 229 Å². The molecule has 0 radical (unpaired) electrons. The molecular formula is C30H25FN6O3. The smallest absolute Gasteiger partial charge is 0.272 e. The lowest BCUT2D eigenvalue weighted by atomic mass is 9.99. The quantitative estimate of drug-likeness (QED) is 0.389. The Hall–Kier alpha value is -5.22. The number of fused-ring (bicyclic) bond motifs is 1. The summed E-state index contributed by atoms with van der Waals surface area (Å²) in [5.41, 5.74) is 1.88. The first-order valence-electron chi connectivity index (χ1n) is 12.6. The van der Waals surface area contributed by atoms with Crippen LogP contribution in [0.2, 0.25) is 0 Å². The van der Waals surface area contributed by atoms with Gasteiger partial charge < -0.3 is 14.5 Å². The number of anilines is 1. The fraction of sp³-hybridized carbons (Fsp3) is 0.233. The highest BCUT2D eigenvalue weighted by Gasteiger charge is 2.25. The first-order chi connectivity index (χ1) is 19.4. The van der Waals surface area contributed by atoms with Gasteiger partial charge in [-0.25, -0.2) is 14.5 Å². The largest absolute Gasteiger partial charge is 0.495 e. The van der Waals surface area contributed by atoms with Gasteiger partial charge in [0.1, 0.15) is 23.5 Å². The number of nitrogens with zero attached hydrogens (tertiary/aromatic N) is 5. The number of piperazine rings is 1. The van der Waals surface area contributed by atoms with Crippen LogP contribution in [0.15, 0.2) is 53.5 Å². The molecule has 1 aliphatic heterocycles. The Balaban J connectivity index is 1.39. The molecule has 4 aromatic rings. The third kappa shape index (κ3) is 5.07. The number of H-pyrrole nitrogens is 1. The fourth-order valence-electron chi connectivity index (χ4n) is 4.85. The molecule has 200 valence electrons. The van der Waals surface area contributed by atoms with Crippen LogP contribution in [0, 0.1) is 29.0 Å². The molecule has 2 aromatic heterocycles. The summed E-state index contributed by atoms with van der Waals surface area (Å²) in [4.78, 5) is 33.8. The van der Waals surface area contributed by atoms with Crippen LogP contribution in [0.5, 0.6) is 5.75 Å². The van der Waals surface area contributed by atoms with E-state index in [-0.39, 0.29) is 17.5 Å². The molecule has 0 aliphatic carbocycles. The lowest BCUT2D eigenvalue weighted by Gasteiger charge is -2.35. The lowest BCUT2D eigenvalue weighted by Crippen LogP contribution is -2.49. The predicted octanol–water partition coefficient (Wildman–Crippen LogP) is 3.26. The summed E-state index contributed by atoms with van der Waals surface area (Å²) in [6, 6.07) is 13.3. The van der Waals surface area contributed by atoms with Crippen molar-refractivity contribution in [3.8, 4) is 23.7 Å². The molecule has 40 heavy (non-hydrogen) atoms. The molecule has 9 nitrogen and oxygen atoms in total. The maximum atomic E-state index is 14.9. The average molecular weight is 537 g/mol. The van der Waals surface area contributed by atoms with Gasteiger partial charge in [0.2, 0.25) is 0 Å². The van der Waals surface area contributed by atoms with Crippen LogP contribution >= 0.6 is 0 Å². The molecule has 1 aliphatic rings. The number of benzene rings is 2. The molecule has 0 spiro atoms. The van der Waals surface area contributed by atoms with Gasteiger partial charge in [-0.05, 0) is 48.9 Å². The van der Waals surface area contributed by atoms with E-state index in [4.69, 9.17) is 10.00 Å². The number of ether oxygens (including phenoxy) is 1. The van der Waals surface area contributed by atoms with Crippen LogP contribution in [0.4, 0.5) is 10.2 Å².